The third-order valence-corrected chi connectivity index (χ3v) is 10.2. The van der Waals surface area contributed by atoms with Crippen molar-refractivity contribution in [1.82, 2.24) is 14.5 Å². The maximum Gasteiger partial charge on any atom is 0.235 e. The number of aromatic nitrogens is 3. The van der Waals surface area contributed by atoms with Gasteiger partial charge in [-0.2, -0.15) is 0 Å². The molecule has 0 atom stereocenters. The van der Waals surface area contributed by atoms with Crippen LogP contribution in [0, 0.1) is 0 Å². The smallest absolute Gasteiger partial charge is 0.235 e. The van der Waals surface area contributed by atoms with Crippen molar-refractivity contribution in [2.24, 2.45) is 0 Å². The molecule has 0 saturated carbocycles. The predicted octanol–water partition coefficient (Wildman–Crippen LogP) is 10.3. The van der Waals surface area contributed by atoms with Crippen molar-refractivity contribution >= 4 is 64.1 Å². The van der Waals surface area contributed by atoms with Crippen molar-refractivity contribution in [2.75, 3.05) is 0 Å². The van der Waals surface area contributed by atoms with Gasteiger partial charge < -0.3 is 0 Å². The van der Waals surface area contributed by atoms with Crippen LogP contribution in [-0.2, 0) is 6.42 Å². The number of para-hydroxylation sites is 1. The molecule has 0 spiro atoms. The number of rotatable bonds is 2. The summed E-state index contributed by atoms with van der Waals surface area (Å²) in [5.41, 5.74) is 9.19. The third kappa shape index (κ3) is 3.13. The molecule has 200 valence electrons. The van der Waals surface area contributed by atoms with Gasteiger partial charge in [0.1, 0.15) is 0 Å². The summed E-state index contributed by atoms with van der Waals surface area (Å²) in [6.45, 7) is 0. The normalized spacial score (nSPS) is 12.6. The molecule has 9 aromatic rings. The summed E-state index contributed by atoms with van der Waals surface area (Å²) in [7, 11) is 0. The maximum absolute atomic E-state index is 5.44. The summed E-state index contributed by atoms with van der Waals surface area (Å²) in [5, 5.41) is 7.64. The summed E-state index contributed by atoms with van der Waals surface area (Å²) >= 11 is 1.87. The van der Waals surface area contributed by atoms with E-state index in [4.69, 9.17) is 9.97 Å². The molecule has 0 N–H and O–H groups in total. The number of thiophene rings is 1. The molecule has 0 radical (unpaired) electrons. The van der Waals surface area contributed by atoms with E-state index in [1.165, 1.54) is 63.9 Å². The standard InChI is InChI=1S/C39H23N3S/c1-2-12-23(13-3-1)35-30-22-24-14-4-5-15-25(24)36(30)41-39(40-35)42-31-20-10-8-18-28(31)33-26-16-6-7-17-27(26)34-29-19-9-11-21-32(29)43-38(34)37(33)42/h1-21H,22H2. The summed E-state index contributed by atoms with van der Waals surface area (Å²) in [6.07, 6.45) is 0.842. The van der Waals surface area contributed by atoms with Gasteiger partial charge in [-0.15, -0.1) is 11.3 Å². The summed E-state index contributed by atoms with van der Waals surface area (Å²) in [4.78, 5) is 10.9. The van der Waals surface area contributed by atoms with Crippen LogP contribution in [0.3, 0.4) is 0 Å². The SMILES string of the molecule is c1ccc(-c2nc(-n3c4ccccc4c4c5ccccc5c5c6ccccc6sc5c43)nc3c2Cc2ccccc2-3)cc1. The van der Waals surface area contributed by atoms with Crippen molar-refractivity contribution in [3.8, 4) is 28.5 Å². The van der Waals surface area contributed by atoms with E-state index in [9.17, 15) is 0 Å². The lowest BCUT2D eigenvalue weighted by molar-refractivity contribution is 0.987. The van der Waals surface area contributed by atoms with Crippen LogP contribution in [0.2, 0.25) is 0 Å². The van der Waals surface area contributed by atoms with Gasteiger partial charge in [0.2, 0.25) is 5.95 Å². The van der Waals surface area contributed by atoms with Gasteiger partial charge in [-0.25, -0.2) is 9.97 Å². The largest absolute Gasteiger partial charge is 0.276 e. The molecule has 3 aromatic heterocycles. The quantitative estimate of drug-likeness (QED) is 0.209. The Morgan fingerprint density at radius 3 is 2.07 bits per heavy atom. The molecule has 6 aromatic carbocycles. The zero-order valence-electron chi connectivity index (χ0n) is 23.1. The highest BCUT2D eigenvalue weighted by atomic mass is 32.1. The molecule has 43 heavy (non-hydrogen) atoms. The average molecular weight is 566 g/mol. The van der Waals surface area contributed by atoms with Gasteiger partial charge in [-0.3, -0.25) is 4.57 Å². The lowest BCUT2D eigenvalue weighted by atomic mass is 9.99. The number of hydrogen-bond donors (Lipinski definition) is 0. The molecule has 3 heterocycles. The lowest BCUT2D eigenvalue weighted by Crippen LogP contribution is -2.05. The van der Waals surface area contributed by atoms with Crippen LogP contribution in [0.15, 0.2) is 127 Å². The first-order valence-corrected chi connectivity index (χ1v) is 15.5. The van der Waals surface area contributed by atoms with E-state index in [-0.39, 0.29) is 0 Å². The van der Waals surface area contributed by atoms with Crippen LogP contribution in [0.25, 0.3) is 81.2 Å². The van der Waals surface area contributed by atoms with Crippen LogP contribution in [0.1, 0.15) is 11.1 Å². The number of nitrogens with zero attached hydrogens (tertiary/aromatic N) is 3. The van der Waals surface area contributed by atoms with Crippen molar-refractivity contribution in [3.05, 3.63) is 139 Å². The minimum atomic E-state index is 0.717. The van der Waals surface area contributed by atoms with Gasteiger partial charge >= 0.3 is 0 Å². The van der Waals surface area contributed by atoms with Crippen LogP contribution >= 0.6 is 11.3 Å². The highest BCUT2D eigenvalue weighted by Crippen LogP contribution is 2.48. The fourth-order valence-corrected chi connectivity index (χ4v) is 8.49. The van der Waals surface area contributed by atoms with Gasteiger partial charge in [0.25, 0.3) is 0 Å². The van der Waals surface area contributed by atoms with Gasteiger partial charge in [-0.05, 0) is 28.5 Å². The molecule has 4 heteroatoms. The zero-order valence-corrected chi connectivity index (χ0v) is 23.9. The third-order valence-electron chi connectivity index (χ3n) is 9.03. The van der Waals surface area contributed by atoms with E-state index in [0.29, 0.717) is 0 Å². The van der Waals surface area contributed by atoms with Crippen LogP contribution in [-0.4, -0.2) is 14.5 Å². The lowest BCUT2D eigenvalue weighted by Gasteiger charge is -2.14. The number of fused-ring (bicyclic) bond motifs is 13. The molecule has 3 nitrogen and oxygen atoms in total. The van der Waals surface area contributed by atoms with Gasteiger partial charge in [0.15, 0.2) is 0 Å². The molecule has 0 amide bonds. The molecule has 1 aliphatic carbocycles. The topological polar surface area (TPSA) is 30.7 Å². The highest BCUT2D eigenvalue weighted by Gasteiger charge is 2.28. The van der Waals surface area contributed by atoms with Crippen molar-refractivity contribution in [2.45, 2.75) is 6.42 Å². The fourth-order valence-electron chi connectivity index (χ4n) is 7.23. The molecule has 0 unspecified atom stereocenters. The number of hydrogen-bond acceptors (Lipinski definition) is 3. The Hall–Kier alpha value is -5.32. The first kappa shape index (κ1) is 23.3. The Bertz CT molecular complexity index is 2590. The van der Waals surface area contributed by atoms with Crippen LogP contribution in [0.5, 0.6) is 0 Å². The van der Waals surface area contributed by atoms with E-state index < -0.39 is 0 Å². The second kappa shape index (κ2) is 8.60. The summed E-state index contributed by atoms with van der Waals surface area (Å²) < 4.78 is 4.90. The zero-order chi connectivity index (χ0) is 28.1. The molecule has 1 aliphatic rings. The van der Waals surface area contributed by atoms with E-state index in [1.807, 2.05) is 11.3 Å². The first-order chi connectivity index (χ1) is 21.3. The predicted molar refractivity (Wildman–Crippen MR) is 180 cm³/mol. The van der Waals surface area contributed by atoms with Crippen LogP contribution in [0.4, 0.5) is 0 Å². The number of benzene rings is 6. The highest BCUT2D eigenvalue weighted by molar-refractivity contribution is 7.27. The van der Waals surface area contributed by atoms with Crippen molar-refractivity contribution in [3.63, 3.8) is 0 Å². The minimum Gasteiger partial charge on any atom is -0.276 e. The molecule has 0 aliphatic heterocycles. The maximum atomic E-state index is 5.44. The Labute approximate surface area is 251 Å². The molecular weight excluding hydrogens is 543 g/mol. The van der Waals surface area contributed by atoms with E-state index in [0.717, 1.165) is 34.8 Å². The Morgan fingerprint density at radius 1 is 0.558 bits per heavy atom. The Morgan fingerprint density at radius 2 is 1.21 bits per heavy atom. The molecule has 0 bridgehead atoms. The van der Waals surface area contributed by atoms with Gasteiger partial charge in [0.05, 0.1) is 27.1 Å². The summed E-state index contributed by atoms with van der Waals surface area (Å²) in [5.74, 6) is 0.717. The van der Waals surface area contributed by atoms with Crippen molar-refractivity contribution < 1.29 is 0 Å². The monoisotopic (exact) mass is 565 g/mol. The van der Waals surface area contributed by atoms with Crippen LogP contribution < -0.4 is 0 Å². The Balaban J connectivity index is 1.43. The molecule has 0 saturated heterocycles. The second-order valence-corrected chi connectivity index (χ2v) is 12.4. The minimum absolute atomic E-state index is 0.717. The van der Waals surface area contributed by atoms with E-state index >= 15 is 0 Å². The molecule has 10 rings (SSSR count). The van der Waals surface area contributed by atoms with Gasteiger partial charge in [0, 0.05) is 49.4 Å². The first-order valence-electron chi connectivity index (χ1n) is 14.7. The van der Waals surface area contributed by atoms with Gasteiger partial charge in [-0.1, -0.05) is 115 Å². The Kier molecular flexibility index (Phi) is 4.65. The second-order valence-electron chi connectivity index (χ2n) is 11.3. The average Bonchev–Trinajstić information content (AvgIpc) is 3.75. The molecular formula is C39H23N3S. The summed E-state index contributed by atoms with van der Waals surface area (Å²) in [6, 6.07) is 45.6. The van der Waals surface area contributed by atoms with Crippen molar-refractivity contribution in [1.29, 1.82) is 0 Å². The fraction of sp³-hybridized carbons (Fsp3) is 0.0256. The molecule has 0 fully saturated rings. The van der Waals surface area contributed by atoms with E-state index in [1.54, 1.807) is 0 Å². The van der Waals surface area contributed by atoms with E-state index in [2.05, 4.69) is 132 Å².